The number of halogens is 2. The number of aromatic nitrogens is 2. The van der Waals surface area contributed by atoms with Gasteiger partial charge in [0.05, 0.1) is 28.5 Å². The van der Waals surface area contributed by atoms with E-state index in [-0.39, 0.29) is 17.2 Å². The van der Waals surface area contributed by atoms with Crippen molar-refractivity contribution in [2.24, 2.45) is 0 Å². The van der Waals surface area contributed by atoms with E-state index in [4.69, 9.17) is 37.4 Å². The molecule has 5 rings (SSSR count). The van der Waals surface area contributed by atoms with Gasteiger partial charge in [0.2, 0.25) is 0 Å². The van der Waals surface area contributed by atoms with Crippen LogP contribution in [0.15, 0.2) is 89.5 Å². The molecule has 0 aliphatic carbocycles. The maximum atomic E-state index is 13.3. The predicted molar refractivity (Wildman–Crippen MR) is 146 cm³/mol. The lowest BCUT2D eigenvalue weighted by Gasteiger charge is -2.10. The zero-order valence-electron chi connectivity index (χ0n) is 20.0. The number of amides is 1. The molecule has 2 aromatic heterocycles. The van der Waals surface area contributed by atoms with E-state index in [0.717, 1.165) is 28.3 Å². The van der Waals surface area contributed by atoms with Crippen molar-refractivity contribution in [3.05, 3.63) is 106 Å². The fourth-order valence-electron chi connectivity index (χ4n) is 4.00. The highest BCUT2D eigenvalue weighted by Gasteiger charge is 2.25. The lowest BCUT2D eigenvalue weighted by Crippen LogP contribution is -2.13. The summed E-state index contributed by atoms with van der Waals surface area (Å²) < 4.78 is 10.6. The predicted octanol–water partition coefficient (Wildman–Crippen LogP) is 7.95. The van der Waals surface area contributed by atoms with E-state index in [1.54, 1.807) is 38.3 Å². The molecular weight excluding hydrogens is 509 g/mol. The van der Waals surface area contributed by atoms with Crippen LogP contribution in [0.5, 0.6) is 5.75 Å². The Balaban J connectivity index is 1.43. The summed E-state index contributed by atoms with van der Waals surface area (Å²) in [7, 11) is 1.64. The summed E-state index contributed by atoms with van der Waals surface area (Å²) in [5, 5.41) is 7.75. The van der Waals surface area contributed by atoms with Crippen molar-refractivity contribution in [2.45, 2.75) is 6.92 Å². The van der Waals surface area contributed by atoms with E-state index in [1.807, 2.05) is 60.7 Å². The lowest BCUT2D eigenvalue weighted by atomic mass is 10.0. The third kappa shape index (κ3) is 5.07. The van der Waals surface area contributed by atoms with Gasteiger partial charge in [-0.2, -0.15) is 0 Å². The summed E-state index contributed by atoms with van der Waals surface area (Å²) in [4.78, 5) is 18.1. The van der Waals surface area contributed by atoms with Crippen LogP contribution in [0, 0.1) is 6.92 Å². The Labute approximate surface area is 223 Å². The van der Waals surface area contributed by atoms with Gasteiger partial charge in [0.15, 0.2) is 0 Å². The summed E-state index contributed by atoms with van der Waals surface area (Å²) >= 11 is 12.7. The first-order chi connectivity index (χ1) is 17.9. The van der Waals surface area contributed by atoms with Crippen LogP contribution in [0.2, 0.25) is 10.0 Å². The van der Waals surface area contributed by atoms with E-state index in [1.165, 1.54) is 0 Å². The maximum absolute atomic E-state index is 13.3. The summed E-state index contributed by atoms with van der Waals surface area (Å²) in [6, 6.07) is 26.1. The van der Waals surface area contributed by atoms with Gasteiger partial charge in [-0.15, -0.1) is 0 Å². The first kappa shape index (κ1) is 24.6. The molecule has 0 atom stereocenters. The van der Waals surface area contributed by atoms with Crippen molar-refractivity contribution in [1.82, 2.24) is 10.1 Å². The second-order valence-electron chi connectivity index (χ2n) is 8.23. The monoisotopic (exact) mass is 529 g/mol. The van der Waals surface area contributed by atoms with Crippen molar-refractivity contribution in [2.75, 3.05) is 12.4 Å². The third-order valence-electron chi connectivity index (χ3n) is 5.84. The first-order valence-corrected chi connectivity index (χ1v) is 12.1. The van der Waals surface area contributed by atoms with E-state index in [9.17, 15) is 4.79 Å². The van der Waals surface area contributed by atoms with E-state index < -0.39 is 0 Å². The quantitative estimate of drug-likeness (QED) is 0.241. The Hall–Kier alpha value is -4.13. The molecule has 0 saturated carbocycles. The van der Waals surface area contributed by atoms with Gasteiger partial charge >= 0.3 is 0 Å². The average Bonchev–Trinajstić information content (AvgIpc) is 3.29. The number of benzene rings is 3. The van der Waals surface area contributed by atoms with Crippen molar-refractivity contribution < 1.29 is 14.1 Å². The fraction of sp³-hybridized carbons (Fsp3) is 0.0690. The van der Waals surface area contributed by atoms with Crippen LogP contribution in [0.4, 0.5) is 5.69 Å². The number of ether oxygens (including phenoxy) is 1. The minimum absolute atomic E-state index is 0.264. The fourth-order valence-corrected chi connectivity index (χ4v) is 4.58. The van der Waals surface area contributed by atoms with Crippen LogP contribution in [-0.4, -0.2) is 23.2 Å². The molecule has 1 amide bonds. The van der Waals surface area contributed by atoms with Gasteiger partial charge < -0.3 is 14.6 Å². The van der Waals surface area contributed by atoms with Crippen molar-refractivity contribution in [3.63, 3.8) is 0 Å². The Morgan fingerprint density at radius 3 is 2.22 bits per heavy atom. The van der Waals surface area contributed by atoms with Gasteiger partial charge in [0, 0.05) is 22.4 Å². The molecule has 0 bridgehead atoms. The average molecular weight is 530 g/mol. The topological polar surface area (TPSA) is 77.2 Å². The zero-order valence-corrected chi connectivity index (χ0v) is 21.5. The number of hydrogen-bond acceptors (Lipinski definition) is 5. The standard InChI is InChI=1S/C29H21Cl2N3O3/c1-17-26(28(34-37-17)27-22(30)8-4-9-23(27)31)29(35)32-20-7-3-6-19(16-20)25-11-5-10-24(33-25)18-12-14-21(36-2)15-13-18/h3-16H,1-2H3,(H,32,35). The molecule has 0 fully saturated rings. The molecular formula is C29H21Cl2N3O3. The van der Waals surface area contributed by atoms with Gasteiger partial charge in [0.1, 0.15) is 22.8 Å². The number of carbonyl (C=O) groups excluding carboxylic acids is 1. The number of nitrogens with zero attached hydrogens (tertiary/aromatic N) is 2. The van der Waals surface area contributed by atoms with E-state index >= 15 is 0 Å². The molecule has 184 valence electrons. The normalized spacial score (nSPS) is 10.8. The molecule has 5 aromatic rings. The number of aryl methyl sites for hydroxylation is 1. The Bertz CT molecular complexity index is 1580. The highest BCUT2D eigenvalue weighted by Crippen LogP contribution is 2.37. The van der Waals surface area contributed by atoms with Gasteiger partial charge in [-0.25, -0.2) is 4.98 Å². The zero-order chi connectivity index (χ0) is 25.9. The van der Waals surface area contributed by atoms with Gasteiger partial charge in [-0.05, 0) is 67.6 Å². The number of methoxy groups -OCH3 is 1. The summed E-state index contributed by atoms with van der Waals surface area (Å²) in [5.74, 6) is 0.752. The number of carbonyl (C=O) groups is 1. The number of hydrogen-bond donors (Lipinski definition) is 1. The molecule has 0 aliphatic heterocycles. The molecule has 37 heavy (non-hydrogen) atoms. The molecule has 2 heterocycles. The van der Waals surface area contributed by atoms with Crippen molar-refractivity contribution >= 4 is 34.8 Å². The summed E-state index contributed by atoms with van der Waals surface area (Å²) in [5.41, 5.74) is 5.02. The molecule has 8 heteroatoms. The summed E-state index contributed by atoms with van der Waals surface area (Å²) in [6.07, 6.45) is 0. The summed E-state index contributed by atoms with van der Waals surface area (Å²) in [6.45, 7) is 1.67. The first-order valence-electron chi connectivity index (χ1n) is 11.4. The van der Waals surface area contributed by atoms with Crippen molar-refractivity contribution in [3.8, 4) is 39.5 Å². The van der Waals surface area contributed by atoms with Crippen LogP contribution in [0.1, 0.15) is 16.1 Å². The van der Waals surface area contributed by atoms with Gasteiger partial charge in [0.25, 0.3) is 5.91 Å². The Morgan fingerprint density at radius 2 is 1.51 bits per heavy atom. The van der Waals surface area contributed by atoms with E-state index in [2.05, 4.69) is 10.5 Å². The number of nitrogens with one attached hydrogen (secondary N) is 1. The molecule has 6 nitrogen and oxygen atoms in total. The van der Waals surface area contributed by atoms with Crippen molar-refractivity contribution in [1.29, 1.82) is 0 Å². The van der Waals surface area contributed by atoms with Crippen LogP contribution >= 0.6 is 23.2 Å². The minimum Gasteiger partial charge on any atom is -0.497 e. The number of anilines is 1. The van der Waals surface area contributed by atoms with Crippen LogP contribution in [0.3, 0.4) is 0 Å². The Morgan fingerprint density at radius 1 is 0.865 bits per heavy atom. The molecule has 0 unspecified atom stereocenters. The minimum atomic E-state index is -0.387. The molecule has 3 aromatic carbocycles. The smallest absolute Gasteiger partial charge is 0.261 e. The van der Waals surface area contributed by atoms with Crippen LogP contribution in [0.25, 0.3) is 33.8 Å². The number of pyridine rings is 1. The third-order valence-corrected chi connectivity index (χ3v) is 6.47. The van der Waals surface area contributed by atoms with E-state index in [0.29, 0.717) is 27.1 Å². The second-order valence-corrected chi connectivity index (χ2v) is 9.04. The molecule has 0 saturated heterocycles. The van der Waals surface area contributed by atoms with Crippen LogP contribution in [-0.2, 0) is 0 Å². The second kappa shape index (κ2) is 10.5. The van der Waals surface area contributed by atoms with Gasteiger partial charge in [-0.1, -0.05) is 52.6 Å². The largest absolute Gasteiger partial charge is 0.497 e. The Kier molecular flexibility index (Phi) is 6.95. The van der Waals surface area contributed by atoms with Gasteiger partial charge in [-0.3, -0.25) is 4.79 Å². The lowest BCUT2D eigenvalue weighted by molar-refractivity contribution is 0.102. The molecule has 0 aliphatic rings. The maximum Gasteiger partial charge on any atom is 0.261 e. The molecule has 0 radical (unpaired) electrons. The highest BCUT2D eigenvalue weighted by molar-refractivity contribution is 6.39. The highest BCUT2D eigenvalue weighted by atomic mass is 35.5. The molecule has 1 N–H and O–H groups in total. The number of rotatable bonds is 6. The van der Waals surface area contributed by atoms with Crippen LogP contribution < -0.4 is 10.1 Å². The molecule has 0 spiro atoms. The SMILES string of the molecule is COc1ccc(-c2cccc(-c3cccc(NC(=O)c4c(-c5c(Cl)cccc5Cl)noc4C)c3)n2)cc1.